The van der Waals surface area contributed by atoms with Crippen LogP contribution in [0.2, 0.25) is 26.4 Å². The van der Waals surface area contributed by atoms with Gasteiger partial charge >= 0.3 is 108 Å². The van der Waals surface area contributed by atoms with Crippen molar-refractivity contribution >= 4 is 38.9 Å². The van der Waals surface area contributed by atoms with Crippen LogP contribution < -0.4 is 0 Å². The first-order valence-electron chi connectivity index (χ1n) is 8.66. The minimum atomic E-state index is -5.35. The third-order valence-electron chi connectivity index (χ3n) is 3.21. The fourth-order valence-corrected chi connectivity index (χ4v) is 13.5. The average Bonchev–Trinajstić information content (AvgIpc) is 2.44. The first-order valence-corrected chi connectivity index (χ1v) is 18.5. The van der Waals surface area contributed by atoms with E-state index in [1.165, 1.54) is 51.6 Å². The second-order valence-corrected chi connectivity index (χ2v) is 18.4. The molecule has 0 unspecified atom stereocenters. The predicted molar refractivity (Wildman–Crippen MR) is 98.4 cm³/mol. The molecule has 0 bridgehead atoms. The van der Waals surface area contributed by atoms with Crippen molar-refractivity contribution in [3.8, 4) is 0 Å². The maximum absolute atomic E-state index is 11.5. The molecule has 24 heavy (non-hydrogen) atoms. The van der Waals surface area contributed by atoms with Crippen LogP contribution in [-0.4, -0.2) is 42.7 Å². The van der Waals surface area contributed by atoms with Crippen molar-refractivity contribution in [1.29, 1.82) is 0 Å². The van der Waals surface area contributed by atoms with Gasteiger partial charge in [0.2, 0.25) is 9.04 Å². The zero-order valence-electron chi connectivity index (χ0n) is 15.6. The van der Waals surface area contributed by atoms with Crippen molar-refractivity contribution in [1.82, 2.24) is 0 Å². The smallest absolute Gasteiger partial charge is 0.309 e. The van der Waals surface area contributed by atoms with Gasteiger partial charge in [-0.2, -0.15) is 21.6 Å². The van der Waals surface area contributed by atoms with E-state index in [-0.39, 0.29) is 0 Å². The van der Waals surface area contributed by atoms with Crippen LogP contribution in [0.15, 0.2) is 0 Å². The number of unbranched alkanes of at least 4 members (excludes halogenated alkanes) is 3. The fourth-order valence-electron chi connectivity index (χ4n) is 1.92. The summed E-state index contributed by atoms with van der Waals surface area (Å²) >= 11 is -0.839. The molecule has 2 radical (unpaired) electrons. The average molecular weight is 497 g/mol. The molecule has 0 aromatic carbocycles. The molecule has 0 aromatic heterocycles. The van der Waals surface area contributed by atoms with Gasteiger partial charge in [0.25, 0.3) is 0 Å². The monoisotopic (exact) mass is 498 g/mol. The summed E-state index contributed by atoms with van der Waals surface area (Å²) in [6, 6.07) is 0. The van der Waals surface area contributed by atoms with Crippen molar-refractivity contribution in [2.75, 3.05) is 0 Å². The standard InChI is InChI=1S/3C4H9.C3H6F3O3SSi.Sn/c3*1-3-4-2;1-11(2)9-10(7,8)3(4,5)6;/h3*1,3-4H2,2H3;1-2H3;. The molecule has 0 atom stereocenters. The van der Waals surface area contributed by atoms with Crippen molar-refractivity contribution in [3.63, 3.8) is 0 Å². The van der Waals surface area contributed by atoms with Crippen molar-refractivity contribution in [3.05, 3.63) is 0 Å². The van der Waals surface area contributed by atoms with E-state index in [4.69, 9.17) is 0 Å². The Balaban J connectivity index is 0. The van der Waals surface area contributed by atoms with Gasteiger partial charge in [0.15, 0.2) is 0 Å². The molecule has 0 saturated carbocycles. The van der Waals surface area contributed by atoms with Gasteiger partial charge in [0, 0.05) is 0 Å². The van der Waals surface area contributed by atoms with Crippen LogP contribution in [0, 0.1) is 0 Å². The van der Waals surface area contributed by atoms with Crippen LogP contribution in [0.25, 0.3) is 0 Å². The molecule has 3 nitrogen and oxygen atoms in total. The molecule has 0 aliphatic carbocycles. The summed E-state index contributed by atoms with van der Waals surface area (Å²) in [4.78, 5) is 0. The number of hydrogen-bond acceptors (Lipinski definition) is 3. The summed E-state index contributed by atoms with van der Waals surface area (Å²) in [7, 11) is -7.23. The number of alkyl halides is 3. The Labute approximate surface area is 155 Å². The van der Waals surface area contributed by atoms with Crippen molar-refractivity contribution in [2.45, 2.75) is 91.2 Å². The van der Waals surface area contributed by atoms with Crippen LogP contribution in [0.5, 0.6) is 0 Å². The Morgan fingerprint density at radius 3 is 1.38 bits per heavy atom. The Morgan fingerprint density at radius 2 is 1.21 bits per heavy atom. The Bertz CT molecular complexity index is 371. The molecule has 0 aromatic rings. The molecule has 0 rings (SSSR count). The van der Waals surface area contributed by atoms with Gasteiger partial charge in [-0.15, -0.1) is 0 Å². The van der Waals surface area contributed by atoms with Gasteiger partial charge in [-0.05, 0) is 13.1 Å². The van der Waals surface area contributed by atoms with E-state index in [1.807, 2.05) is 0 Å². The van der Waals surface area contributed by atoms with Gasteiger partial charge in [0.05, 0.1) is 0 Å². The third kappa shape index (κ3) is 15.0. The Kier molecular flexibility index (Phi) is 16.7. The van der Waals surface area contributed by atoms with Gasteiger partial charge in [-0.25, -0.2) is 0 Å². The summed E-state index contributed by atoms with van der Waals surface area (Å²) in [5.41, 5.74) is -5.30. The summed E-state index contributed by atoms with van der Waals surface area (Å²) in [5.74, 6) is 0. The summed E-state index contributed by atoms with van der Waals surface area (Å²) in [5, 5.41) is 0. The van der Waals surface area contributed by atoms with Crippen molar-refractivity contribution in [2.24, 2.45) is 0 Å². The molecule has 0 heterocycles. The van der Waals surface area contributed by atoms with Gasteiger partial charge in [0.1, 0.15) is 0 Å². The second-order valence-electron chi connectivity index (χ2n) is 5.95. The summed E-state index contributed by atoms with van der Waals surface area (Å²) < 4.78 is 63.6. The van der Waals surface area contributed by atoms with Crippen LogP contribution >= 0.6 is 0 Å². The molecule has 9 heteroatoms. The first kappa shape index (κ1) is 26.9. The topological polar surface area (TPSA) is 43.4 Å². The molecular weight excluding hydrogens is 464 g/mol. The van der Waals surface area contributed by atoms with Crippen molar-refractivity contribution < 1.29 is 25.5 Å². The Hall–Kier alpha value is 0.716. The maximum atomic E-state index is 11.5. The van der Waals surface area contributed by atoms with Crippen LogP contribution in [0.4, 0.5) is 13.2 Å². The van der Waals surface area contributed by atoms with Crippen LogP contribution in [0.1, 0.15) is 59.3 Å². The predicted octanol–water partition coefficient (Wildman–Crippen LogP) is 5.99. The molecule has 0 saturated heterocycles. The van der Waals surface area contributed by atoms with Crippen LogP contribution in [0.3, 0.4) is 0 Å². The number of hydrogen-bond donors (Lipinski definition) is 0. The first-order chi connectivity index (χ1) is 11.0. The Morgan fingerprint density at radius 1 is 0.875 bits per heavy atom. The van der Waals surface area contributed by atoms with E-state index in [0.29, 0.717) is 0 Å². The quantitative estimate of drug-likeness (QED) is 0.261. The molecule has 0 aliphatic heterocycles. The number of rotatable bonds is 11. The van der Waals surface area contributed by atoms with E-state index in [2.05, 4.69) is 24.6 Å². The van der Waals surface area contributed by atoms with E-state index < -0.39 is 44.4 Å². The molecule has 0 N–H and O–H groups in total. The minimum absolute atomic E-state index is 0.839. The zero-order chi connectivity index (χ0) is 19.2. The van der Waals surface area contributed by atoms with Gasteiger partial charge in [-0.1, -0.05) is 0 Å². The third-order valence-corrected chi connectivity index (χ3v) is 15.1. The van der Waals surface area contributed by atoms with Gasteiger partial charge < -0.3 is 3.87 Å². The number of halogens is 3. The molecule has 0 aliphatic rings. The normalized spacial score (nSPS) is 12.4. The van der Waals surface area contributed by atoms with E-state index in [9.17, 15) is 21.6 Å². The second kappa shape index (κ2) is 14.8. The van der Waals surface area contributed by atoms with E-state index in [1.54, 1.807) is 13.3 Å². The fraction of sp³-hybridized carbons (Fsp3) is 1.00. The molecule has 0 fully saturated rings. The maximum Gasteiger partial charge on any atom is 0.522 e. The van der Waals surface area contributed by atoms with E-state index >= 15 is 0 Å². The molecular formula is C15H33F3O3SSiSn. The SMILES string of the molecule is CCC[CH2][Sn]([CH2]CCC)[CH2]CCC.C[Si](C)OS(=O)(=O)C(F)(F)F. The summed E-state index contributed by atoms with van der Waals surface area (Å²) in [6.07, 6.45) is 8.85. The van der Waals surface area contributed by atoms with Crippen LogP contribution in [-0.2, 0) is 14.0 Å². The molecule has 0 spiro atoms. The molecule has 0 amide bonds. The largest absolute Gasteiger partial charge is 0.522 e. The van der Waals surface area contributed by atoms with E-state index in [0.717, 1.165) is 0 Å². The van der Waals surface area contributed by atoms with Gasteiger partial charge in [-0.3, -0.25) is 0 Å². The molecule has 146 valence electrons. The summed E-state index contributed by atoms with van der Waals surface area (Å²) in [6.45, 7) is 9.60. The minimum Gasteiger partial charge on any atom is -0.309 e. The zero-order valence-corrected chi connectivity index (χ0v) is 20.3.